The Morgan fingerprint density at radius 1 is 0.935 bits per heavy atom. The Balaban J connectivity index is 1.52. The molecule has 0 fully saturated rings. The maximum atomic E-state index is 11.9. The Morgan fingerprint density at radius 2 is 1.65 bits per heavy atom. The molecular weight excluding hydrogens is 394 g/mol. The number of esters is 1. The maximum absolute atomic E-state index is 11.9. The van der Waals surface area contributed by atoms with E-state index in [2.05, 4.69) is 15.8 Å². The highest BCUT2D eigenvalue weighted by Crippen LogP contribution is 2.18. The third-order valence-electron chi connectivity index (χ3n) is 4.31. The van der Waals surface area contributed by atoms with Gasteiger partial charge in [0, 0.05) is 11.3 Å². The van der Waals surface area contributed by atoms with Crippen molar-refractivity contribution in [2.45, 2.75) is 6.61 Å². The summed E-state index contributed by atoms with van der Waals surface area (Å²) >= 11 is 0. The van der Waals surface area contributed by atoms with Gasteiger partial charge in [0.25, 0.3) is 5.91 Å². The molecule has 3 rings (SSSR count). The van der Waals surface area contributed by atoms with Crippen molar-refractivity contribution in [2.75, 3.05) is 19.0 Å². The fourth-order valence-corrected chi connectivity index (χ4v) is 2.69. The van der Waals surface area contributed by atoms with Gasteiger partial charge in [0.05, 0.1) is 25.4 Å². The molecule has 1 amide bonds. The standard InChI is InChI=1S/C24H23N3O4/c1-30-24(29)19-13-11-18(12-14-19)17-31-22-10-6-5-7-20(22)15-26-27-23(28)16-25-21-8-3-2-4-9-21/h2-15,25H,16-17H2,1H3,(H,27,28)/b26-15-. The molecule has 7 heteroatoms. The first-order chi connectivity index (χ1) is 15.2. The minimum absolute atomic E-state index is 0.112. The average molecular weight is 417 g/mol. The van der Waals surface area contributed by atoms with Gasteiger partial charge in [-0.05, 0) is 42.0 Å². The summed E-state index contributed by atoms with van der Waals surface area (Å²) in [4.78, 5) is 23.5. The predicted octanol–water partition coefficient (Wildman–Crippen LogP) is 3.61. The van der Waals surface area contributed by atoms with Gasteiger partial charge in [-0.1, -0.05) is 42.5 Å². The van der Waals surface area contributed by atoms with Crippen LogP contribution in [0.4, 0.5) is 5.69 Å². The van der Waals surface area contributed by atoms with Crippen LogP contribution >= 0.6 is 0 Å². The van der Waals surface area contributed by atoms with E-state index >= 15 is 0 Å². The smallest absolute Gasteiger partial charge is 0.337 e. The number of anilines is 1. The van der Waals surface area contributed by atoms with E-state index in [-0.39, 0.29) is 18.4 Å². The molecule has 0 heterocycles. The lowest BCUT2D eigenvalue weighted by Gasteiger charge is -2.09. The van der Waals surface area contributed by atoms with Gasteiger partial charge in [-0.15, -0.1) is 0 Å². The lowest BCUT2D eigenvalue weighted by atomic mass is 10.1. The van der Waals surface area contributed by atoms with Crippen molar-refractivity contribution >= 4 is 23.8 Å². The molecule has 0 atom stereocenters. The molecule has 31 heavy (non-hydrogen) atoms. The minimum Gasteiger partial charge on any atom is -0.488 e. The van der Waals surface area contributed by atoms with Crippen LogP contribution in [0.2, 0.25) is 0 Å². The number of hydrogen-bond donors (Lipinski definition) is 2. The van der Waals surface area contributed by atoms with Crippen LogP contribution in [-0.4, -0.2) is 31.7 Å². The number of benzene rings is 3. The number of rotatable bonds is 9. The normalized spacial score (nSPS) is 10.5. The number of nitrogens with one attached hydrogen (secondary N) is 2. The summed E-state index contributed by atoms with van der Waals surface area (Å²) < 4.78 is 10.6. The second kappa shape index (κ2) is 11.2. The van der Waals surface area contributed by atoms with E-state index in [1.807, 2.05) is 66.7 Å². The zero-order chi connectivity index (χ0) is 21.9. The number of carbonyl (C=O) groups excluding carboxylic acids is 2. The van der Waals surface area contributed by atoms with Gasteiger partial charge in [-0.25, -0.2) is 10.2 Å². The van der Waals surface area contributed by atoms with Gasteiger partial charge in [0.1, 0.15) is 12.4 Å². The fraction of sp³-hybridized carbons (Fsp3) is 0.125. The molecule has 0 bridgehead atoms. The number of carbonyl (C=O) groups is 2. The van der Waals surface area contributed by atoms with E-state index in [1.54, 1.807) is 12.1 Å². The van der Waals surface area contributed by atoms with Gasteiger partial charge in [0.15, 0.2) is 0 Å². The Morgan fingerprint density at radius 3 is 2.39 bits per heavy atom. The second-order valence-corrected chi connectivity index (χ2v) is 6.53. The molecule has 3 aromatic rings. The van der Waals surface area contributed by atoms with Crippen LogP contribution in [-0.2, 0) is 16.1 Å². The molecule has 0 aliphatic heterocycles. The lowest BCUT2D eigenvalue weighted by molar-refractivity contribution is -0.119. The molecule has 0 saturated carbocycles. The van der Waals surface area contributed by atoms with Crippen molar-refractivity contribution in [3.05, 3.63) is 95.6 Å². The highest BCUT2D eigenvalue weighted by Gasteiger charge is 2.06. The zero-order valence-corrected chi connectivity index (χ0v) is 17.1. The van der Waals surface area contributed by atoms with Crippen molar-refractivity contribution in [3.8, 4) is 5.75 Å². The zero-order valence-electron chi connectivity index (χ0n) is 17.1. The first-order valence-electron chi connectivity index (χ1n) is 9.65. The SMILES string of the molecule is COC(=O)c1ccc(COc2ccccc2/C=N\NC(=O)CNc2ccccc2)cc1. The molecular formula is C24H23N3O4. The van der Waals surface area contributed by atoms with E-state index in [0.29, 0.717) is 17.9 Å². The van der Waals surface area contributed by atoms with E-state index in [9.17, 15) is 9.59 Å². The molecule has 0 unspecified atom stereocenters. The monoisotopic (exact) mass is 417 g/mol. The molecule has 0 saturated heterocycles. The highest BCUT2D eigenvalue weighted by atomic mass is 16.5. The first-order valence-corrected chi connectivity index (χ1v) is 9.65. The molecule has 158 valence electrons. The lowest BCUT2D eigenvalue weighted by Crippen LogP contribution is -2.25. The van der Waals surface area contributed by atoms with Gasteiger partial charge in [-0.2, -0.15) is 5.10 Å². The van der Waals surface area contributed by atoms with Crippen molar-refractivity contribution in [1.82, 2.24) is 5.43 Å². The summed E-state index contributed by atoms with van der Waals surface area (Å²) in [6.45, 7) is 0.431. The number of hydrogen-bond acceptors (Lipinski definition) is 6. The van der Waals surface area contributed by atoms with E-state index in [1.165, 1.54) is 13.3 Å². The van der Waals surface area contributed by atoms with Crippen LogP contribution in [0.3, 0.4) is 0 Å². The molecule has 0 spiro atoms. The fourth-order valence-electron chi connectivity index (χ4n) is 2.69. The summed E-state index contributed by atoms with van der Waals surface area (Å²) in [7, 11) is 1.35. The third kappa shape index (κ3) is 6.71. The van der Waals surface area contributed by atoms with Crippen molar-refractivity contribution in [3.63, 3.8) is 0 Å². The first kappa shape index (κ1) is 21.6. The highest BCUT2D eigenvalue weighted by molar-refractivity contribution is 5.89. The number of amides is 1. The number of methoxy groups -OCH3 is 1. The van der Waals surface area contributed by atoms with Crippen LogP contribution in [0.15, 0.2) is 84.0 Å². The van der Waals surface area contributed by atoms with Gasteiger partial charge in [-0.3, -0.25) is 4.79 Å². The number of nitrogens with zero attached hydrogens (tertiary/aromatic N) is 1. The van der Waals surface area contributed by atoms with E-state index < -0.39 is 0 Å². The van der Waals surface area contributed by atoms with E-state index in [4.69, 9.17) is 9.47 Å². The van der Waals surface area contributed by atoms with Crippen molar-refractivity contribution in [1.29, 1.82) is 0 Å². The molecule has 2 N–H and O–H groups in total. The average Bonchev–Trinajstić information content (AvgIpc) is 2.82. The van der Waals surface area contributed by atoms with Crippen LogP contribution in [0.5, 0.6) is 5.75 Å². The second-order valence-electron chi connectivity index (χ2n) is 6.53. The molecule has 0 aliphatic carbocycles. The summed E-state index contributed by atoms with van der Waals surface area (Å²) in [5.41, 5.74) is 5.47. The summed E-state index contributed by atoms with van der Waals surface area (Å²) in [5, 5.41) is 7.03. The van der Waals surface area contributed by atoms with Gasteiger partial charge >= 0.3 is 5.97 Å². The quantitative estimate of drug-likeness (QED) is 0.315. The molecule has 0 aromatic heterocycles. The Bertz CT molecular complexity index is 1030. The summed E-state index contributed by atoms with van der Waals surface area (Å²) in [6, 6.07) is 23.8. The Labute approximate surface area is 180 Å². The van der Waals surface area contributed by atoms with Crippen molar-refractivity contribution in [2.24, 2.45) is 5.10 Å². The molecule has 7 nitrogen and oxygen atoms in total. The van der Waals surface area contributed by atoms with Gasteiger partial charge in [0.2, 0.25) is 0 Å². The Kier molecular flexibility index (Phi) is 7.77. The van der Waals surface area contributed by atoms with Crippen LogP contribution in [0, 0.1) is 0 Å². The topological polar surface area (TPSA) is 89.0 Å². The summed E-state index contributed by atoms with van der Waals surface area (Å²) in [5.74, 6) is -0.0146. The molecule has 0 radical (unpaired) electrons. The Hall–Kier alpha value is -4.13. The molecule has 0 aliphatic rings. The third-order valence-corrected chi connectivity index (χ3v) is 4.31. The molecule has 3 aromatic carbocycles. The van der Waals surface area contributed by atoms with Crippen LogP contribution in [0.1, 0.15) is 21.5 Å². The van der Waals surface area contributed by atoms with Crippen LogP contribution in [0.25, 0.3) is 0 Å². The number of ether oxygens (including phenoxy) is 2. The van der Waals surface area contributed by atoms with Crippen molar-refractivity contribution < 1.29 is 19.1 Å². The number of para-hydroxylation sites is 2. The largest absolute Gasteiger partial charge is 0.488 e. The van der Waals surface area contributed by atoms with E-state index in [0.717, 1.165) is 16.8 Å². The minimum atomic E-state index is -0.380. The predicted molar refractivity (Wildman–Crippen MR) is 119 cm³/mol. The number of hydrazone groups is 1. The summed E-state index contributed by atoms with van der Waals surface area (Å²) in [6.07, 6.45) is 1.54. The maximum Gasteiger partial charge on any atom is 0.337 e. The van der Waals surface area contributed by atoms with Gasteiger partial charge < -0.3 is 14.8 Å². The van der Waals surface area contributed by atoms with Crippen LogP contribution < -0.4 is 15.5 Å².